The normalized spacial score (nSPS) is 27.0. The molecule has 0 saturated heterocycles. The third-order valence-corrected chi connectivity index (χ3v) is 4.80. The number of aliphatic hydroxyl groups is 1. The van der Waals surface area contributed by atoms with Crippen LogP contribution in [0.4, 0.5) is 0 Å². The van der Waals surface area contributed by atoms with Gasteiger partial charge in [-0.1, -0.05) is 6.92 Å². The lowest BCUT2D eigenvalue weighted by Gasteiger charge is -2.28. The molecule has 1 aliphatic rings. The van der Waals surface area contributed by atoms with Crippen molar-refractivity contribution in [3.05, 3.63) is 16.1 Å². The number of nitrogens with one attached hydrogen (secondary N) is 1. The van der Waals surface area contributed by atoms with Crippen molar-refractivity contribution in [3.8, 4) is 0 Å². The Morgan fingerprint density at radius 1 is 1.47 bits per heavy atom. The van der Waals surface area contributed by atoms with Crippen molar-refractivity contribution in [3.63, 3.8) is 0 Å². The minimum Gasteiger partial charge on any atom is -0.393 e. The molecule has 17 heavy (non-hydrogen) atoms. The first kappa shape index (κ1) is 13.0. The summed E-state index contributed by atoms with van der Waals surface area (Å²) in [6, 6.07) is 0.878. The predicted octanol–water partition coefficient (Wildman–Crippen LogP) is 2.66. The van der Waals surface area contributed by atoms with Crippen LogP contribution in [0.3, 0.4) is 0 Å². The van der Waals surface area contributed by atoms with Crippen LogP contribution in [0.1, 0.15) is 55.5 Å². The van der Waals surface area contributed by atoms with E-state index < -0.39 is 0 Å². The van der Waals surface area contributed by atoms with E-state index in [4.69, 9.17) is 0 Å². The van der Waals surface area contributed by atoms with Gasteiger partial charge in [-0.25, -0.2) is 4.98 Å². The predicted molar refractivity (Wildman–Crippen MR) is 71.3 cm³/mol. The standard InChI is InChI=1S/C13H22N2OS/c1-3-12-8-14-13(17-12)9(2)15-10-4-6-11(16)7-5-10/h8-11,15-16H,3-7H2,1-2H3. The molecule has 0 spiro atoms. The summed E-state index contributed by atoms with van der Waals surface area (Å²) in [5, 5.41) is 14.3. The van der Waals surface area contributed by atoms with Gasteiger partial charge in [-0.05, 0) is 39.0 Å². The van der Waals surface area contributed by atoms with Gasteiger partial charge in [0.1, 0.15) is 5.01 Å². The lowest BCUT2D eigenvalue weighted by atomic mass is 9.93. The maximum absolute atomic E-state index is 9.48. The fourth-order valence-corrected chi connectivity index (χ4v) is 3.22. The van der Waals surface area contributed by atoms with E-state index in [1.165, 1.54) is 9.88 Å². The molecule has 1 heterocycles. The minimum absolute atomic E-state index is 0.0742. The highest BCUT2D eigenvalue weighted by atomic mass is 32.1. The van der Waals surface area contributed by atoms with E-state index in [-0.39, 0.29) is 6.10 Å². The molecule has 1 aromatic heterocycles. The summed E-state index contributed by atoms with van der Waals surface area (Å²) in [6.45, 7) is 4.35. The van der Waals surface area contributed by atoms with E-state index in [1.807, 2.05) is 17.5 Å². The lowest BCUT2D eigenvalue weighted by Crippen LogP contribution is -2.36. The van der Waals surface area contributed by atoms with Gasteiger partial charge in [0.25, 0.3) is 0 Å². The molecular formula is C13H22N2OS. The molecule has 3 nitrogen and oxygen atoms in total. The Labute approximate surface area is 107 Å². The zero-order valence-corrected chi connectivity index (χ0v) is 11.5. The number of aliphatic hydroxyl groups excluding tert-OH is 1. The molecule has 2 rings (SSSR count). The van der Waals surface area contributed by atoms with Gasteiger partial charge in [-0.2, -0.15) is 0 Å². The second-order valence-corrected chi connectivity index (χ2v) is 6.06. The van der Waals surface area contributed by atoms with Crippen molar-refractivity contribution in [1.29, 1.82) is 0 Å². The minimum atomic E-state index is -0.0742. The van der Waals surface area contributed by atoms with Gasteiger partial charge < -0.3 is 10.4 Å². The van der Waals surface area contributed by atoms with Crippen molar-refractivity contribution < 1.29 is 5.11 Å². The molecule has 1 unspecified atom stereocenters. The average Bonchev–Trinajstić information content (AvgIpc) is 2.81. The Morgan fingerprint density at radius 2 is 2.18 bits per heavy atom. The number of hydrogen-bond donors (Lipinski definition) is 2. The van der Waals surface area contributed by atoms with Crippen LogP contribution in [0.2, 0.25) is 0 Å². The largest absolute Gasteiger partial charge is 0.393 e. The molecule has 0 aliphatic heterocycles. The van der Waals surface area contributed by atoms with Crippen molar-refractivity contribution in [2.75, 3.05) is 0 Å². The third-order valence-electron chi connectivity index (χ3n) is 3.47. The summed E-state index contributed by atoms with van der Waals surface area (Å²) in [6.07, 6.45) is 7.01. The summed E-state index contributed by atoms with van der Waals surface area (Å²) >= 11 is 1.81. The van der Waals surface area contributed by atoms with Gasteiger partial charge in [0.2, 0.25) is 0 Å². The molecule has 0 bridgehead atoms. The number of rotatable bonds is 4. The Balaban J connectivity index is 1.86. The fourth-order valence-electron chi connectivity index (χ4n) is 2.35. The SMILES string of the molecule is CCc1cnc(C(C)NC2CCC(O)CC2)s1. The van der Waals surface area contributed by atoms with Crippen molar-refractivity contribution in [2.45, 2.75) is 64.1 Å². The number of nitrogens with zero attached hydrogens (tertiary/aromatic N) is 1. The van der Waals surface area contributed by atoms with Gasteiger partial charge in [0, 0.05) is 17.1 Å². The second kappa shape index (κ2) is 5.94. The van der Waals surface area contributed by atoms with Gasteiger partial charge in [0.15, 0.2) is 0 Å². The van der Waals surface area contributed by atoms with Crippen molar-refractivity contribution >= 4 is 11.3 Å². The molecule has 0 radical (unpaired) electrons. The van der Waals surface area contributed by atoms with E-state index in [1.54, 1.807) is 0 Å². The van der Waals surface area contributed by atoms with E-state index >= 15 is 0 Å². The summed E-state index contributed by atoms with van der Waals surface area (Å²) < 4.78 is 0. The molecule has 1 fully saturated rings. The van der Waals surface area contributed by atoms with Gasteiger partial charge >= 0.3 is 0 Å². The van der Waals surface area contributed by atoms with Crippen LogP contribution in [0.15, 0.2) is 6.20 Å². The first-order valence-electron chi connectivity index (χ1n) is 6.57. The van der Waals surface area contributed by atoms with Crippen LogP contribution in [0.5, 0.6) is 0 Å². The van der Waals surface area contributed by atoms with Gasteiger partial charge in [-0.15, -0.1) is 11.3 Å². The summed E-state index contributed by atoms with van der Waals surface area (Å²) in [7, 11) is 0. The molecule has 1 atom stereocenters. The number of hydrogen-bond acceptors (Lipinski definition) is 4. The molecule has 96 valence electrons. The van der Waals surface area contributed by atoms with E-state index in [9.17, 15) is 5.11 Å². The van der Waals surface area contributed by atoms with Crippen LogP contribution in [0, 0.1) is 0 Å². The molecule has 0 amide bonds. The maximum Gasteiger partial charge on any atom is 0.109 e. The van der Waals surface area contributed by atoms with Crippen LogP contribution in [0.25, 0.3) is 0 Å². The molecule has 2 N–H and O–H groups in total. The maximum atomic E-state index is 9.48. The van der Waals surface area contributed by atoms with Gasteiger partial charge in [0.05, 0.1) is 12.1 Å². The smallest absolute Gasteiger partial charge is 0.109 e. The molecule has 1 aromatic rings. The number of aryl methyl sites for hydroxylation is 1. The second-order valence-electron chi connectivity index (χ2n) is 4.91. The summed E-state index contributed by atoms with van der Waals surface area (Å²) in [4.78, 5) is 5.83. The molecule has 0 aromatic carbocycles. The quantitative estimate of drug-likeness (QED) is 0.868. The van der Waals surface area contributed by atoms with E-state index in [2.05, 4.69) is 24.1 Å². The Kier molecular flexibility index (Phi) is 4.54. The van der Waals surface area contributed by atoms with Crippen LogP contribution in [-0.4, -0.2) is 22.2 Å². The molecular weight excluding hydrogens is 232 g/mol. The summed E-state index contributed by atoms with van der Waals surface area (Å²) in [5.74, 6) is 0. The Bertz CT molecular complexity index is 345. The number of thiazole rings is 1. The highest BCUT2D eigenvalue weighted by Gasteiger charge is 2.21. The fraction of sp³-hybridized carbons (Fsp3) is 0.769. The zero-order valence-electron chi connectivity index (χ0n) is 10.6. The topological polar surface area (TPSA) is 45.2 Å². The summed E-state index contributed by atoms with van der Waals surface area (Å²) in [5.41, 5.74) is 0. The van der Waals surface area contributed by atoms with E-state index in [0.29, 0.717) is 12.1 Å². The Hall–Kier alpha value is -0.450. The van der Waals surface area contributed by atoms with Crippen LogP contribution < -0.4 is 5.32 Å². The Morgan fingerprint density at radius 3 is 2.76 bits per heavy atom. The van der Waals surface area contributed by atoms with Crippen LogP contribution in [-0.2, 0) is 6.42 Å². The molecule has 1 aliphatic carbocycles. The number of aromatic nitrogens is 1. The average molecular weight is 254 g/mol. The van der Waals surface area contributed by atoms with Crippen molar-refractivity contribution in [1.82, 2.24) is 10.3 Å². The molecule has 1 saturated carbocycles. The highest BCUT2D eigenvalue weighted by molar-refractivity contribution is 7.11. The van der Waals surface area contributed by atoms with E-state index in [0.717, 1.165) is 32.1 Å². The lowest BCUT2D eigenvalue weighted by molar-refractivity contribution is 0.114. The first-order valence-corrected chi connectivity index (χ1v) is 7.39. The van der Waals surface area contributed by atoms with Crippen molar-refractivity contribution in [2.24, 2.45) is 0 Å². The highest BCUT2D eigenvalue weighted by Crippen LogP contribution is 2.24. The zero-order chi connectivity index (χ0) is 12.3. The molecule has 4 heteroatoms. The monoisotopic (exact) mass is 254 g/mol. The van der Waals surface area contributed by atoms with Gasteiger partial charge in [-0.3, -0.25) is 0 Å². The van der Waals surface area contributed by atoms with Crippen LogP contribution >= 0.6 is 11.3 Å². The third kappa shape index (κ3) is 3.50. The first-order chi connectivity index (χ1) is 8.19.